The molecule has 1 aromatic heterocycles. The number of esters is 1. The zero-order chi connectivity index (χ0) is 18.7. The number of H-pyrrole nitrogens is 1. The van der Waals surface area contributed by atoms with E-state index in [4.69, 9.17) is 16.3 Å². The topological polar surface area (TPSA) is 75.3 Å². The second kappa shape index (κ2) is 7.68. The van der Waals surface area contributed by atoms with Gasteiger partial charge in [0.1, 0.15) is 5.82 Å². The molecule has 3 aromatic rings. The van der Waals surface area contributed by atoms with E-state index < -0.39 is 5.97 Å². The predicted octanol–water partition coefficient (Wildman–Crippen LogP) is 3.00. The van der Waals surface area contributed by atoms with E-state index in [0.717, 1.165) is 5.56 Å². The summed E-state index contributed by atoms with van der Waals surface area (Å²) in [7, 11) is 3.24. The number of benzene rings is 2. The number of rotatable bonds is 5. The monoisotopic (exact) mass is 371 g/mol. The molecule has 3 rings (SSSR count). The molecule has 0 aliphatic carbocycles. The molecule has 6 nitrogen and oxygen atoms in total. The first-order valence-electron chi connectivity index (χ1n) is 8.00. The number of ether oxygens (including phenoxy) is 1. The maximum Gasteiger partial charge on any atom is 0.337 e. The number of nitrogens with one attached hydrogen (secondary N) is 1. The summed E-state index contributed by atoms with van der Waals surface area (Å²) in [5.41, 5.74) is 1.65. The fraction of sp³-hybridized carbons (Fsp3) is 0.211. The van der Waals surface area contributed by atoms with Crippen LogP contribution >= 0.6 is 11.6 Å². The molecule has 0 aliphatic rings. The van der Waals surface area contributed by atoms with Crippen LogP contribution in [0.3, 0.4) is 0 Å². The van der Waals surface area contributed by atoms with Crippen LogP contribution in [-0.2, 0) is 17.8 Å². The van der Waals surface area contributed by atoms with Crippen molar-refractivity contribution in [3.8, 4) is 0 Å². The molecule has 26 heavy (non-hydrogen) atoms. The van der Waals surface area contributed by atoms with Crippen LogP contribution < -0.4 is 5.56 Å². The van der Waals surface area contributed by atoms with Gasteiger partial charge in [-0.1, -0.05) is 23.7 Å². The molecule has 0 fully saturated rings. The molecule has 1 heterocycles. The van der Waals surface area contributed by atoms with Crippen molar-refractivity contribution in [3.05, 3.63) is 74.8 Å². The number of methoxy groups -OCH3 is 1. The van der Waals surface area contributed by atoms with E-state index in [1.165, 1.54) is 7.11 Å². The van der Waals surface area contributed by atoms with E-state index in [0.29, 0.717) is 40.4 Å². The highest BCUT2D eigenvalue weighted by Gasteiger charge is 2.11. The molecule has 0 saturated heterocycles. The SMILES string of the molecule is COC(=O)c1ccc2c(=O)[nH]c(CN(C)Cc3cccc(Cl)c3)nc2c1. The lowest BCUT2D eigenvalue weighted by atomic mass is 10.1. The number of aromatic nitrogens is 2. The van der Waals surface area contributed by atoms with E-state index in [1.54, 1.807) is 18.2 Å². The van der Waals surface area contributed by atoms with Crippen LogP contribution in [0.5, 0.6) is 0 Å². The second-order valence-corrected chi connectivity index (χ2v) is 6.47. The van der Waals surface area contributed by atoms with Crippen molar-refractivity contribution in [1.82, 2.24) is 14.9 Å². The average molecular weight is 372 g/mol. The fourth-order valence-electron chi connectivity index (χ4n) is 2.77. The number of nitrogens with zero attached hydrogens (tertiary/aromatic N) is 2. The number of hydrogen-bond acceptors (Lipinski definition) is 5. The summed E-state index contributed by atoms with van der Waals surface area (Å²) < 4.78 is 4.71. The van der Waals surface area contributed by atoms with Crippen LogP contribution in [0.1, 0.15) is 21.7 Å². The number of carbonyl (C=O) groups excluding carboxylic acids is 1. The lowest BCUT2D eigenvalue weighted by Crippen LogP contribution is -2.22. The Balaban J connectivity index is 1.85. The minimum Gasteiger partial charge on any atom is -0.465 e. The second-order valence-electron chi connectivity index (χ2n) is 6.04. The van der Waals surface area contributed by atoms with Crippen molar-refractivity contribution in [2.45, 2.75) is 13.1 Å². The third-order valence-electron chi connectivity index (χ3n) is 3.94. The minimum absolute atomic E-state index is 0.238. The third-order valence-corrected chi connectivity index (χ3v) is 4.17. The van der Waals surface area contributed by atoms with Gasteiger partial charge in [0, 0.05) is 11.6 Å². The number of carbonyl (C=O) groups is 1. The van der Waals surface area contributed by atoms with Crippen LogP contribution in [0.4, 0.5) is 0 Å². The lowest BCUT2D eigenvalue weighted by molar-refractivity contribution is 0.0601. The van der Waals surface area contributed by atoms with Crippen molar-refractivity contribution < 1.29 is 9.53 Å². The Hall–Kier alpha value is -2.70. The summed E-state index contributed by atoms with van der Waals surface area (Å²) in [4.78, 5) is 33.3. The van der Waals surface area contributed by atoms with Crippen LogP contribution in [0, 0.1) is 0 Å². The molecule has 1 N–H and O–H groups in total. The zero-order valence-electron chi connectivity index (χ0n) is 14.5. The Morgan fingerprint density at radius 3 is 2.77 bits per heavy atom. The van der Waals surface area contributed by atoms with Gasteiger partial charge in [0.15, 0.2) is 0 Å². The third kappa shape index (κ3) is 4.09. The molecule has 0 bridgehead atoms. The molecule has 7 heteroatoms. The largest absolute Gasteiger partial charge is 0.465 e. The molecule has 134 valence electrons. The van der Waals surface area contributed by atoms with Gasteiger partial charge >= 0.3 is 5.97 Å². The van der Waals surface area contributed by atoms with Crippen molar-refractivity contribution >= 4 is 28.5 Å². The minimum atomic E-state index is -0.464. The van der Waals surface area contributed by atoms with Gasteiger partial charge in [0.2, 0.25) is 0 Å². The first kappa shape index (κ1) is 18.1. The van der Waals surface area contributed by atoms with Crippen LogP contribution in [0.15, 0.2) is 47.3 Å². The highest BCUT2D eigenvalue weighted by Crippen LogP contribution is 2.14. The molecule has 0 amide bonds. The van der Waals surface area contributed by atoms with Gasteiger partial charge in [-0.15, -0.1) is 0 Å². The predicted molar refractivity (Wildman–Crippen MR) is 100 cm³/mol. The van der Waals surface area contributed by atoms with Crippen LogP contribution in [0.25, 0.3) is 10.9 Å². The molecular weight excluding hydrogens is 354 g/mol. The number of aromatic amines is 1. The molecule has 2 aromatic carbocycles. The summed E-state index contributed by atoms with van der Waals surface area (Å²) >= 11 is 6.01. The van der Waals surface area contributed by atoms with Gasteiger partial charge in [-0.05, 0) is 42.9 Å². The molecule has 0 aliphatic heterocycles. The molecule has 0 spiro atoms. The maximum absolute atomic E-state index is 12.3. The summed E-state index contributed by atoms with van der Waals surface area (Å²) in [5, 5.41) is 1.11. The molecule has 0 unspecified atom stereocenters. The highest BCUT2D eigenvalue weighted by atomic mass is 35.5. The van der Waals surface area contributed by atoms with Crippen molar-refractivity contribution in [2.24, 2.45) is 0 Å². The van der Waals surface area contributed by atoms with Crippen molar-refractivity contribution in [2.75, 3.05) is 14.2 Å². The van der Waals surface area contributed by atoms with Gasteiger partial charge in [-0.25, -0.2) is 9.78 Å². The van der Waals surface area contributed by atoms with Crippen molar-refractivity contribution in [3.63, 3.8) is 0 Å². The summed E-state index contributed by atoms with van der Waals surface area (Å²) in [6, 6.07) is 12.3. The van der Waals surface area contributed by atoms with Crippen molar-refractivity contribution in [1.29, 1.82) is 0 Å². The molecule has 0 radical (unpaired) electrons. The van der Waals surface area contributed by atoms with Crippen LogP contribution in [0.2, 0.25) is 5.02 Å². The molecular formula is C19H18ClN3O3. The van der Waals surface area contributed by atoms with E-state index in [2.05, 4.69) is 9.97 Å². The Morgan fingerprint density at radius 2 is 2.04 bits per heavy atom. The Morgan fingerprint density at radius 1 is 1.23 bits per heavy atom. The summed E-state index contributed by atoms with van der Waals surface area (Å²) in [6.45, 7) is 1.10. The van der Waals surface area contributed by atoms with Gasteiger partial charge in [0.25, 0.3) is 5.56 Å². The average Bonchev–Trinajstić information content (AvgIpc) is 2.60. The Bertz CT molecular complexity index is 1020. The quantitative estimate of drug-likeness (QED) is 0.698. The Kier molecular flexibility index (Phi) is 5.35. The number of hydrogen-bond donors (Lipinski definition) is 1. The first-order chi connectivity index (χ1) is 12.5. The van der Waals surface area contributed by atoms with Gasteiger partial charge in [-0.2, -0.15) is 0 Å². The standard InChI is InChI=1S/C19H18ClN3O3/c1-23(10-12-4-3-5-14(20)8-12)11-17-21-16-9-13(19(25)26-2)6-7-15(16)18(24)22-17/h3-9H,10-11H2,1-2H3,(H,21,22,24). The number of halogens is 1. The summed E-state index contributed by atoms with van der Waals surface area (Å²) in [6.07, 6.45) is 0. The highest BCUT2D eigenvalue weighted by molar-refractivity contribution is 6.30. The van der Waals surface area contributed by atoms with E-state index in [-0.39, 0.29) is 5.56 Å². The van der Waals surface area contributed by atoms with Gasteiger partial charge in [0.05, 0.1) is 30.1 Å². The smallest absolute Gasteiger partial charge is 0.337 e. The summed E-state index contributed by atoms with van der Waals surface area (Å²) in [5.74, 6) is 0.0580. The fourth-order valence-corrected chi connectivity index (χ4v) is 2.98. The zero-order valence-corrected chi connectivity index (χ0v) is 15.2. The maximum atomic E-state index is 12.3. The first-order valence-corrected chi connectivity index (χ1v) is 8.38. The normalized spacial score (nSPS) is 11.1. The van der Waals surface area contributed by atoms with E-state index >= 15 is 0 Å². The molecule has 0 atom stereocenters. The van der Waals surface area contributed by atoms with Gasteiger partial charge in [-0.3, -0.25) is 9.69 Å². The number of fused-ring (bicyclic) bond motifs is 1. The van der Waals surface area contributed by atoms with E-state index in [1.807, 2.05) is 36.2 Å². The van der Waals surface area contributed by atoms with Gasteiger partial charge < -0.3 is 9.72 Å². The lowest BCUT2D eigenvalue weighted by Gasteiger charge is -2.16. The van der Waals surface area contributed by atoms with E-state index in [9.17, 15) is 9.59 Å². The molecule has 0 saturated carbocycles. The van der Waals surface area contributed by atoms with Crippen LogP contribution in [-0.4, -0.2) is 35.0 Å². The Labute approximate surface area is 155 Å².